The first-order chi connectivity index (χ1) is 11.1. The van der Waals surface area contributed by atoms with Crippen LogP contribution in [0.5, 0.6) is 0 Å². The number of halogens is 1. The lowest BCUT2D eigenvalue weighted by Gasteiger charge is -2.18. The second-order valence-corrected chi connectivity index (χ2v) is 5.31. The van der Waals surface area contributed by atoms with E-state index in [1.54, 1.807) is 6.92 Å². The molecule has 1 aromatic rings. The molecule has 0 fully saturated rings. The minimum absolute atomic E-state index is 0. The van der Waals surface area contributed by atoms with Gasteiger partial charge in [0.05, 0.1) is 26.2 Å². The standard InChI is InChI=1S/C17H27N3O3.HI/c1-4-18-17(19-10-13(2)16(22)23-3)20-11-15(12-21)14-8-6-5-7-9-14;/h5-9,13,15,21H,4,10-12H2,1-3H3,(H2,18,19,20);1H. The lowest BCUT2D eigenvalue weighted by molar-refractivity contribution is -0.144. The molecule has 0 aliphatic rings. The predicted octanol–water partition coefficient (Wildman–Crippen LogP) is 1.74. The molecule has 0 saturated heterocycles. The Kier molecular flexibility index (Phi) is 12.3. The molecule has 1 aromatic carbocycles. The highest BCUT2D eigenvalue weighted by atomic mass is 127. The van der Waals surface area contributed by atoms with E-state index < -0.39 is 0 Å². The van der Waals surface area contributed by atoms with Crippen molar-refractivity contribution in [3.63, 3.8) is 0 Å². The molecular formula is C17H28IN3O3. The number of aliphatic hydroxyl groups is 1. The number of carbonyl (C=O) groups excluding carboxylic acids is 1. The Morgan fingerprint density at radius 3 is 2.50 bits per heavy atom. The second kappa shape index (κ2) is 13.0. The molecule has 0 aliphatic carbocycles. The number of carbonyl (C=O) groups is 1. The average molecular weight is 449 g/mol. The number of nitrogens with zero attached hydrogens (tertiary/aromatic N) is 1. The molecule has 7 heteroatoms. The molecule has 6 nitrogen and oxygen atoms in total. The summed E-state index contributed by atoms with van der Waals surface area (Å²) in [6, 6.07) is 9.84. The minimum atomic E-state index is -0.293. The second-order valence-electron chi connectivity index (χ2n) is 5.31. The number of ether oxygens (including phenoxy) is 1. The van der Waals surface area contributed by atoms with E-state index in [0.717, 1.165) is 5.56 Å². The first-order valence-corrected chi connectivity index (χ1v) is 7.88. The van der Waals surface area contributed by atoms with E-state index in [9.17, 15) is 9.90 Å². The van der Waals surface area contributed by atoms with Gasteiger partial charge in [-0.3, -0.25) is 9.79 Å². The highest BCUT2D eigenvalue weighted by Gasteiger charge is 2.14. The molecule has 3 N–H and O–H groups in total. The number of benzene rings is 1. The van der Waals surface area contributed by atoms with Gasteiger partial charge in [-0.25, -0.2) is 0 Å². The molecule has 2 unspecified atom stereocenters. The summed E-state index contributed by atoms with van der Waals surface area (Å²) in [4.78, 5) is 15.8. The summed E-state index contributed by atoms with van der Waals surface area (Å²) in [5.74, 6) is 0.0380. The zero-order valence-electron chi connectivity index (χ0n) is 14.5. The number of aliphatic imine (C=N–C) groups is 1. The van der Waals surface area contributed by atoms with Crippen LogP contribution in [0.25, 0.3) is 0 Å². The maximum absolute atomic E-state index is 11.4. The first kappa shape index (κ1) is 22.6. The summed E-state index contributed by atoms with van der Waals surface area (Å²) < 4.78 is 4.70. The van der Waals surface area contributed by atoms with Crippen LogP contribution in [0.3, 0.4) is 0 Å². The van der Waals surface area contributed by atoms with E-state index >= 15 is 0 Å². The average Bonchev–Trinajstić information content (AvgIpc) is 2.59. The summed E-state index contributed by atoms with van der Waals surface area (Å²) in [6.07, 6.45) is 0. The van der Waals surface area contributed by atoms with E-state index in [2.05, 4.69) is 15.6 Å². The maximum atomic E-state index is 11.4. The molecule has 24 heavy (non-hydrogen) atoms. The van der Waals surface area contributed by atoms with Crippen molar-refractivity contribution in [1.29, 1.82) is 0 Å². The summed E-state index contributed by atoms with van der Waals surface area (Å²) in [7, 11) is 1.37. The number of hydrogen-bond donors (Lipinski definition) is 3. The monoisotopic (exact) mass is 449 g/mol. The Hall–Kier alpha value is -1.35. The third-order valence-electron chi connectivity index (χ3n) is 3.48. The zero-order chi connectivity index (χ0) is 17.1. The van der Waals surface area contributed by atoms with Gasteiger partial charge in [-0.2, -0.15) is 0 Å². The van der Waals surface area contributed by atoms with Crippen LogP contribution in [-0.2, 0) is 9.53 Å². The van der Waals surface area contributed by atoms with Gasteiger partial charge in [-0.1, -0.05) is 37.3 Å². The van der Waals surface area contributed by atoms with E-state index in [0.29, 0.717) is 25.6 Å². The number of aliphatic hydroxyl groups excluding tert-OH is 1. The maximum Gasteiger partial charge on any atom is 0.310 e. The summed E-state index contributed by atoms with van der Waals surface area (Å²) in [5.41, 5.74) is 1.07. The molecule has 0 aromatic heterocycles. The first-order valence-electron chi connectivity index (χ1n) is 7.88. The smallest absolute Gasteiger partial charge is 0.310 e. The van der Waals surface area contributed by atoms with Crippen LogP contribution < -0.4 is 10.6 Å². The largest absolute Gasteiger partial charge is 0.469 e. The highest BCUT2D eigenvalue weighted by Crippen LogP contribution is 2.13. The van der Waals surface area contributed by atoms with Crippen LogP contribution in [-0.4, -0.2) is 50.4 Å². The van der Waals surface area contributed by atoms with Gasteiger partial charge in [0.25, 0.3) is 0 Å². The third kappa shape index (κ3) is 7.96. The Bertz CT molecular complexity index is 497. The Balaban J connectivity index is 0.00000529. The Morgan fingerprint density at radius 1 is 1.29 bits per heavy atom. The van der Waals surface area contributed by atoms with Crippen molar-refractivity contribution in [2.75, 3.05) is 33.4 Å². The zero-order valence-corrected chi connectivity index (χ0v) is 16.8. The van der Waals surface area contributed by atoms with Gasteiger partial charge in [0, 0.05) is 19.0 Å². The van der Waals surface area contributed by atoms with Crippen LogP contribution in [0.1, 0.15) is 25.3 Å². The molecule has 0 aliphatic heterocycles. The fourth-order valence-electron chi connectivity index (χ4n) is 2.08. The van der Waals surface area contributed by atoms with Crippen LogP contribution in [0.2, 0.25) is 0 Å². The quantitative estimate of drug-likeness (QED) is 0.244. The van der Waals surface area contributed by atoms with E-state index in [4.69, 9.17) is 4.74 Å². The molecule has 0 bridgehead atoms. The van der Waals surface area contributed by atoms with Crippen molar-refractivity contribution in [2.45, 2.75) is 19.8 Å². The number of rotatable bonds is 8. The van der Waals surface area contributed by atoms with Gasteiger partial charge in [0.15, 0.2) is 5.96 Å². The van der Waals surface area contributed by atoms with Crippen LogP contribution in [0.15, 0.2) is 35.3 Å². The molecule has 136 valence electrons. The Morgan fingerprint density at radius 2 is 1.96 bits per heavy atom. The van der Waals surface area contributed by atoms with Gasteiger partial charge in [-0.05, 0) is 12.5 Å². The fourth-order valence-corrected chi connectivity index (χ4v) is 2.08. The molecule has 0 amide bonds. The van der Waals surface area contributed by atoms with Gasteiger partial charge in [0.2, 0.25) is 0 Å². The number of nitrogens with one attached hydrogen (secondary N) is 2. The molecule has 2 atom stereocenters. The normalized spacial score (nSPS) is 13.4. The number of esters is 1. The summed E-state index contributed by atoms with van der Waals surface area (Å²) in [6.45, 7) is 5.42. The molecule has 0 saturated carbocycles. The topological polar surface area (TPSA) is 83.0 Å². The van der Waals surface area contributed by atoms with Crippen molar-refractivity contribution >= 4 is 35.9 Å². The van der Waals surface area contributed by atoms with Crippen LogP contribution in [0.4, 0.5) is 0 Å². The van der Waals surface area contributed by atoms with Crippen LogP contribution in [0, 0.1) is 5.92 Å². The molecule has 0 radical (unpaired) electrons. The highest BCUT2D eigenvalue weighted by molar-refractivity contribution is 14.0. The van der Waals surface area contributed by atoms with Crippen molar-refractivity contribution in [2.24, 2.45) is 10.9 Å². The fraction of sp³-hybridized carbons (Fsp3) is 0.529. The lowest BCUT2D eigenvalue weighted by Crippen LogP contribution is -2.40. The van der Waals surface area contributed by atoms with Crippen molar-refractivity contribution in [3.8, 4) is 0 Å². The number of guanidine groups is 1. The number of methoxy groups -OCH3 is 1. The van der Waals surface area contributed by atoms with E-state index in [1.807, 2.05) is 37.3 Å². The summed E-state index contributed by atoms with van der Waals surface area (Å²) >= 11 is 0. The van der Waals surface area contributed by atoms with Crippen molar-refractivity contribution in [3.05, 3.63) is 35.9 Å². The third-order valence-corrected chi connectivity index (χ3v) is 3.48. The van der Waals surface area contributed by atoms with Crippen molar-refractivity contribution in [1.82, 2.24) is 10.6 Å². The van der Waals surface area contributed by atoms with Gasteiger partial charge in [-0.15, -0.1) is 24.0 Å². The molecule has 0 spiro atoms. The van der Waals surface area contributed by atoms with E-state index in [1.165, 1.54) is 7.11 Å². The van der Waals surface area contributed by atoms with Gasteiger partial charge in [0.1, 0.15) is 0 Å². The summed E-state index contributed by atoms with van der Waals surface area (Å²) in [5, 5.41) is 15.9. The van der Waals surface area contributed by atoms with Gasteiger partial charge >= 0.3 is 5.97 Å². The lowest BCUT2D eigenvalue weighted by atomic mass is 10.0. The number of hydrogen-bond acceptors (Lipinski definition) is 4. The van der Waals surface area contributed by atoms with Gasteiger partial charge < -0.3 is 20.5 Å². The minimum Gasteiger partial charge on any atom is -0.469 e. The predicted molar refractivity (Wildman–Crippen MR) is 107 cm³/mol. The van der Waals surface area contributed by atoms with E-state index in [-0.39, 0.29) is 48.4 Å². The van der Waals surface area contributed by atoms with Crippen LogP contribution >= 0.6 is 24.0 Å². The molecule has 1 rings (SSSR count). The van der Waals surface area contributed by atoms with Crippen molar-refractivity contribution < 1.29 is 14.6 Å². The SMILES string of the molecule is CCNC(=NCC(C)C(=O)OC)NCC(CO)c1ccccc1.I. The Labute approximate surface area is 161 Å². The molecule has 0 heterocycles. The molecular weight excluding hydrogens is 421 g/mol.